The Bertz CT molecular complexity index is 1370. The summed E-state index contributed by atoms with van der Waals surface area (Å²) in [6.45, 7) is 0.231. The predicted octanol–water partition coefficient (Wildman–Crippen LogP) is 5.80. The van der Waals surface area contributed by atoms with E-state index in [0.29, 0.717) is 16.9 Å². The Morgan fingerprint density at radius 3 is 2.36 bits per heavy atom. The number of ether oxygens (including phenoxy) is 2. The lowest BCUT2D eigenvalue weighted by Gasteiger charge is -2.32. The van der Waals surface area contributed by atoms with Gasteiger partial charge in [-0.2, -0.15) is 0 Å². The van der Waals surface area contributed by atoms with Crippen molar-refractivity contribution in [3.63, 3.8) is 0 Å². The fourth-order valence-corrected chi connectivity index (χ4v) is 4.81. The van der Waals surface area contributed by atoms with Crippen LogP contribution >= 0.6 is 23.4 Å². The third-order valence-corrected chi connectivity index (χ3v) is 6.75. The number of carbonyl (C=O) groups excluding carboxylic acids is 3. The zero-order chi connectivity index (χ0) is 28.0. The molecule has 8 nitrogen and oxygen atoms in total. The topological polar surface area (TPSA) is 97.3 Å². The van der Waals surface area contributed by atoms with E-state index in [9.17, 15) is 23.2 Å². The van der Waals surface area contributed by atoms with E-state index in [0.717, 1.165) is 17.3 Å². The van der Waals surface area contributed by atoms with Gasteiger partial charge in [-0.15, -0.1) is 8.78 Å². The lowest BCUT2D eigenvalue weighted by Crippen LogP contribution is -2.44. The molecular weight excluding hydrogens is 552 g/mol. The lowest BCUT2D eigenvalue weighted by molar-refractivity contribution is -0.129. The van der Waals surface area contributed by atoms with Crippen LogP contribution in [0.3, 0.4) is 0 Å². The number of amides is 2. The van der Waals surface area contributed by atoms with Crippen LogP contribution in [0.2, 0.25) is 0 Å². The van der Waals surface area contributed by atoms with E-state index >= 15 is 0 Å². The second-order valence-corrected chi connectivity index (χ2v) is 9.88. The number of carbonyl (C=O) groups is 3. The highest BCUT2D eigenvalue weighted by Crippen LogP contribution is 2.32. The van der Waals surface area contributed by atoms with E-state index in [4.69, 9.17) is 11.6 Å². The molecule has 4 rings (SSSR count). The van der Waals surface area contributed by atoms with Crippen LogP contribution in [0, 0.1) is 0 Å². The van der Waals surface area contributed by atoms with Crippen LogP contribution in [0.1, 0.15) is 22.3 Å². The quantitative estimate of drug-likeness (QED) is 0.270. The molecule has 0 aliphatic carbocycles. The predicted molar refractivity (Wildman–Crippen MR) is 144 cm³/mol. The molecule has 202 valence electrons. The van der Waals surface area contributed by atoms with Gasteiger partial charge in [-0.25, -0.2) is 9.79 Å². The van der Waals surface area contributed by atoms with Gasteiger partial charge in [0.15, 0.2) is 5.17 Å². The first kappa shape index (κ1) is 28.1. The summed E-state index contributed by atoms with van der Waals surface area (Å²) in [6, 6.07) is 20.9. The standard InChI is InChI=1S/C27H22ClF2N3O5S/c1-37-25(36)18-7-9-19(10-8-18)31-24(35)22-15-23(34)33(16-17-5-3-2-4-6-17)26(39-22)32-20-11-13-21(14-12-20)38-27(28,29)30/h2-14,22H,15-16H2,1H3,(H,31,35). The van der Waals surface area contributed by atoms with Crippen molar-refractivity contribution in [2.45, 2.75) is 23.8 Å². The first-order valence-corrected chi connectivity index (χ1v) is 12.8. The third kappa shape index (κ3) is 7.78. The van der Waals surface area contributed by atoms with E-state index in [1.807, 2.05) is 30.3 Å². The van der Waals surface area contributed by atoms with Crippen molar-refractivity contribution in [2.24, 2.45) is 4.99 Å². The average Bonchev–Trinajstić information content (AvgIpc) is 2.91. The summed E-state index contributed by atoms with van der Waals surface area (Å²) in [5, 5.41) is 2.24. The maximum absolute atomic E-state index is 13.2. The Hall–Kier alpha value is -3.96. The Labute approximate surface area is 231 Å². The molecule has 0 radical (unpaired) electrons. The number of thioether (sulfide) groups is 1. The van der Waals surface area contributed by atoms with Crippen LogP contribution in [0.4, 0.5) is 20.2 Å². The Kier molecular flexibility index (Phi) is 8.82. The molecule has 39 heavy (non-hydrogen) atoms. The molecule has 1 aliphatic heterocycles. The van der Waals surface area contributed by atoms with Crippen molar-refractivity contribution in [1.82, 2.24) is 4.90 Å². The molecule has 1 N–H and O–H groups in total. The summed E-state index contributed by atoms with van der Waals surface area (Å²) in [6.07, 6.45) is -0.0693. The molecule has 1 aliphatic rings. The van der Waals surface area contributed by atoms with Crippen LogP contribution in [0.5, 0.6) is 5.75 Å². The van der Waals surface area contributed by atoms with Gasteiger partial charge in [0, 0.05) is 23.7 Å². The highest BCUT2D eigenvalue weighted by atomic mass is 35.5. The van der Waals surface area contributed by atoms with Crippen LogP contribution in [-0.4, -0.2) is 45.8 Å². The first-order chi connectivity index (χ1) is 18.6. The number of amidine groups is 1. The zero-order valence-electron chi connectivity index (χ0n) is 20.5. The van der Waals surface area contributed by atoms with Gasteiger partial charge in [0.1, 0.15) is 11.0 Å². The van der Waals surface area contributed by atoms with Crippen molar-refractivity contribution < 1.29 is 32.6 Å². The Balaban J connectivity index is 1.55. The number of methoxy groups -OCH3 is 1. The number of halogens is 3. The Morgan fingerprint density at radius 2 is 1.74 bits per heavy atom. The SMILES string of the molecule is COC(=O)c1ccc(NC(=O)C2CC(=O)N(Cc3ccccc3)C(=Nc3ccc(OC(F)(F)Cl)cc3)S2)cc1. The van der Waals surface area contributed by atoms with Crippen LogP contribution in [0.15, 0.2) is 83.9 Å². The fraction of sp³-hybridized carbons (Fsp3) is 0.185. The maximum Gasteiger partial charge on any atom is 0.487 e. The highest BCUT2D eigenvalue weighted by Gasteiger charge is 2.36. The lowest BCUT2D eigenvalue weighted by atomic mass is 10.2. The van der Waals surface area contributed by atoms with E-state index in [-0.39, 0.29) is 29.8 Å². The van der Waals surface area contributed by atoms with Crippen LogP contribution < -0.4 is 10.1 Å². The van der Waals surface area contributed by atoms with E-state index in [2.05, 4.69) is 19.8 Å². The third-order valence-electron chi connectivity index (χ3n) is 5.48. The number of anilines is 1. The number of alkyl halides is 3. The van der Waals surface area contributed by atoms with Crippen molar-refractivity contribution in [1.29, 1.82) is 0 Å². The molecule has 12 heteroatoms. The molecule has 0 aromatic heterocycles. The van der Waals surface area contributed by atoms with E-state index < -0.39 is 22.7 Å². The van der Waals surface area contributed by atoms with Crippen molar-refractivity contribution in [2.75, 3.05) is 12.4 Å². The Morgan fingerprint density at radius 1 is 1.08 bits per heavy atom. The van der Waals surface area contributed by atoms with Gasteiger partial charge in [0.2, 0.25) is 11.8 Å². The summed E-state index contributed by atoms with van der Waals surface area (Å²) in [7, 11) is 1.27. The molecule has 3 aromatic carbocycles. The van der Waals surface area contributed by atoms with E-state index in [1.165, 1.54) is 48.4 Å². The number of esters is 1. The molecular formula is C27H22ClF2N3O5S. The van der Waals surface area contributed by atoms with Gasteiger partial charge in [0.25, 0.3) is 0 Å². The smallest absolute Gasteiger partial charge is 0.465 e. The summed E-state index contributed by atoms with van der Waals surface area (Å²) in [5.41, 5.74) is -1.87. The summed E-state index contributed by atoms with van der Waals surface area (Å²) < 4.78 is 34.9. The fourth-order valence-electron chi connectivity index (χ4n) is 3.63. The number of aliphatic imine (C=N–C) groups is 1. The largest absolute Gasteiger partial charge is 0.487 e. The summed E-state index contributed by atoms with van der Waals surface area (Å²) in [5.74, 6) is -1.39. The monoisotopic (exact) mass is 573 g/mol. The number of hydrogen-bond acceptors (Lipinski definition) is 7. The summed E-state index contributed by atoms with van der Waals surface area (Å²) in [4.78, 5) is 44.0. The van der Waals surface area contributed by atoms with Gasteiger partial charge in [-0.3, -0.25) is 14.5 Å². The maximum atomic E-state index is 13.2. The summed E-state index contributed by atoms with van der Waals surface area (Å²) >= 11 is 5.93. The number of nitrogens with zero attached hydrogens (tertiary/aromatic N) is 2. The number of hydrogen-bond donors (Lipinski definition) is 1. The van der Waals surface area contributed by atoms with Crippen LogP contribution in [0.25, 0.3) is 0 Å². The number of benzene rings is 3. The molecule has 1 fully saturated rings. The molecule has 0 saturated carbocycles. The van der Waals surface area contributed by atoms with Gasteiger partial charge < -0.3 is 14.8 Å². The molecule has 0 bridgehead atoms. The minimum Gasteiger partial charge on any atom is -0.465 e. The molecule has 1 unspecified atom stereocenters. The molecule has 1 heterocycles. The van der Waals surface area contributed by atoms with Gasteiger partial charge in [-0.05, 0) is 54.1 Å². The van der Waals surface area contributed by atoms with Gasteiger partial charge in [-0.1, -0.05) is 42.1 Å². The minimum absolute atomic E-state index is 0.0693. The molecule has 3 aromatic rings. The normalized spacial score (nSPS) is 16.6. The molecule has 1 saturated heterocycles. The van der Waals surface area contributed by atoms with Gasteiger partial charge >= 0.3 is 11.5 Å². The molecule has 0 spiro atoms. The second-order valence-electron chi connectivity index (χ2n) is 8.27. The minimum atomic E-state index is -3.86. The first-order valence-electron chi connectivity index (χ1n) is 11.6. The zero-order valence-corrected chi connectivity index (χ0v) is 22.0. The number of nitrogens with one attached hydrogen (secondary N) is 1. The van der Waals surface area contributed by atoms with Crippen LogP contribution in [-0.2, 0) is 20.9 Å². The number of rotatable bonds is 8. The van der Waals surface area contributed by atoms with Gasteiger partial charge in [0.05, 0.1) is 24.9 Å². The highest BCUT2D eigenvalue weighted by molar-refractivity contribution is 8.15. The van der Waals surface area contributed by atoms with E-state index in [1.54, 1.807) is 12.1 Å². The molecule has 2 amide bonds. The average molecular weight is 574 g/mol. The van der Waals surface area contributed by atoms with Crippen molar-refractivity contribution in [3.05, 3.63) is 90.0 Å². The molecule has 1 atom stereocenters. The second kappa shape index (κ2) is 12.3. The van der Waals surface area contributed by atoms with Crippen molar-refractivity contribution in [3.8, 4) is 5.75 Å². The van der Waals surface area contributed by atoms with Crippen molar-refractivity contribution >= 4 is 57.7 Å².